The van der Waals surface area contributed by atoms with Crippen molar-refractivity contribution in [1.29, 1.82) is 0 Å². The fourth-order valence-corrected chi connectivity index (χ4v) is 2.79. The summed E-state index contributed by atoms with van der Waals surface area (Å²) in [4.78, 5) is 0.944. The summed E-state index contributed by atoms with van der Waals surface area (Å²) in [6, 6.07) is 6.88. The first-order valence-corrected chi connectivity index (χ1v) is 6.72. The Morgan fingerprint density at radius 3 is 2.94 bits per heavy atom. The molecule has 0 amide bonds. The third kappa shape index (κ3) is 3.34. The molecule has 96 valence electrons. The summed E-state index contributed by atoms with van der Waals surface area (Å²) >= 11 is 1.63. The maximum atomic E-state index is 13.1. The zero-order chi connectivity index (χ0) is 13.0. The van der Waals surface area contributed by atoms with Gasteiger partial charge in [-0.15, -0.1) is 11.8 Å². The summed E-state index contributed by atoms with van der Waals surface area (Å²) in [5.41, 5.74) is 1.14. The van der Waals surface area contributed by atoms with Gasteiger partial charge in [0.2, 0.25) is 0 Å². The minimum atomic E-state index is -0.192. The highest BCUT2D eigenvalue weighted by Crippen LogP contribution is 2.24. The van der Waals surface area contributed by atoms with Crippen LogP contribution < -0.4 is 5.32 Å². The van der Waals surface area contributed by atoms with Crippen LogP contribution in [0.5, 0.6) is 0 Å². The second-order valence-corrected chi connectivity index (χ2v) is 5.15. The van der Waals surface area contributed by atoms with Crippen molar-refractivity contribution in [3.05, 3.63) is 48.0 Å². The average Bonchev–Trinajstić information content (AvgIpc) is 2.77. The van der Waals surface area contributed by atoms with Gasteiger partial charge in [-0.3, -0.25) is 4.68 Å². The summed E-state index contributed by atoms with van der Waals surface area (Å²) in [7, 11) is 3.82. The van der Waals surface area contributed by atoms with E-state index in [0.717, 1.165) is 16.2 Å². The summed E-state index contributed by atoms with van der Waals surface area (Å²) in [5, 5.41) is 7.41. The van der Waals surface area contributed by atoms with Gasteiger partial charge >= 0.3 is 0 Å². The van der Waals surface area contributed by atoms with Crippen molar-refractivity contribution in [1.82, 2.24) is 15.1 Å². The third-order valence-electron chi connectivity index (χ3n) is 2.69. The van der Waals surface area contributed by atoms with Gasteiger partial charge in [-0.2, -0.15) is 5.10 Å². The Balaban J connectivity index is 1.99. The van der Waals surface area contributed by atoms with E-state index in [0.29, 0.717) is 0 Å². The first kappa shape index (κ1) is 13.1. The maximum absolute atomic E-state index is 13.1. The van der Waals surface area contributed by atoms with Crippen molar-refractivity contribution in [3.8, 4) is 0 Å². The van der Waals surface area contributed by atoms with Gasteiger partial charge in [-0.25, -0.2) is 4.39 Å². The lowest BCUT2D eigenvalue weighted by Gasteiger charge is -2.13. The highest BCUT2D eigenvalue weighted by Gasteiger charge is 2.11. The van der Waals surface area contributed by atoms with Gasteiger partial charge in [0.15, 0.2) is 0 Å². The summed E-state index contributed by atoms with van der Waals surface area (Å²) in [6.07, 6.45) is 3.85. The Hall–Kier alpha value is -1.33. The highest BCUT2D eigenvalue weighted by molar-refractivity contribution is 7.99. The molecule has 0 aliphatic heterocycles. The lowest BCUT2D eigenvalue weighted by Crippen LogP contribution is -2.18. The van der Waals surface area contributed by atoms with Gasteiger partial charge in [0.1, 0.15) is 5.82 Å². The van der Waals surface area contributed by atoms with Crippen LogP contribution >= 0.6 is 11.8 Å². The molecule has 0 saturated heterocycles. The summed E-state index contributed by atoms with van der Waals surface area (Å²) < 4.78 is 14.8. The number of hydrogen-bond acceptors (Lipinski definition) is 3. The molecule has 0 radical (unpaired) electrons. The van der Waals surface area contributed by atoms with Crippen molar-refractivity contribution in [3.63, 3.8) is 0 Å². The Kier molecular flexibility index (Phi) is 4.38. The highest BCUT2D eigenvalue weighted by atomic mass is 32.2. The predicted octanol–water partition coefficient (Wildman–Crippen LogP) is 2.61. The van der Waals surface area contributed by atoms with E-state index in [9.17, 15) is 4.39 Å². The molecule has 0 saturated carbocycles. The van der Waals surface area contributed by atoms with Crippen LogP contribution in [0.2, 0.25) is 0 Å². The fraction of sp³-hybridized carbons (Fsp3) is 0.308. The lowest BCUT2D eigenvalue weighted by molar-refractivity contribution is 0.624. The second kappa shape index (κ2) is 6.02. The SMILES string of the molecule is CNC(CSc1cccc(F)c1)c1cnn(C)c1. The van der Waals surface area contributed by atoms with E-state index in [2.05, 4.69) is 10.4 Å². The number of nitrogens with zero attached hydrogens (tertiary/aromatic N) is 2. The van der Waals surface area contributed by atoms with Crippen molar-refractivity contribution in [2.75, 3.05) is 12.8 Å². The van der Waals surface area contributed by atoms with E-state index in [-0.39, 0.29) is 11.9 Å². The quantitative estimate of drug-likeness (QED) is 0.843. The summed E-state index contributed by atoms with van der Waals surface area (Å²) in [5.74, 6) is 0.647. The Morgan fingerprint density at radius 2 is 2.33 bits per heavy atom. The predicted molar refractivity (Wildman–Crippen MR) is 72.1 cm³/mol. The van der Waals surface area contributed by atoms with Crippen LogP contribution in [0.1, 0.15) is 11.6 Å². The second-order valence-electron chi connectivity index (χ2n) is 4.06. The molecule has 2 aromatic rings. The molecule has 0 fully saturated rings. The zero-order valence-electron chi connectivity index (χ0n) is 10.4. The molecule has 0 aliphatic rings. The van der Waals surface area contributed by atoms with E-state index in [1.807, 2.05) is 32.6 Å². The van der Waals surface area contributed by atoms with Crippen LogP contribution in [0.15, 0.2) is 41.6 Å². The van der Waals surface area contributed by atoms with Gasteiger partial charge in [0, 0.05) is 35.5 Å². The molecule has 1 unspecified atom stereocenters. The van der Waals surface area contributed by atoms with Crippen LogP contribution in [0.4, 0.5) is 4.39 Å². The molecule has 18 heavy (non-hydrogen) atoms. The molecule has 3 nitrogen and oxygen atoms in total. The normalized spacial score (nSPS) is 12.6. The minimum absolute atomic E-state index is 0.192. The van der Waals surface area contributed by atoms with Crippen LogP contribution in [0.25, 0.3) is 0 Å². The molecule has 0 aliphatic carbocycles. The number of rotatable bonds is 5. The first-order chi connectivity index (χ1) is 8.69. The fourth-order valence-electron chi connectivity index (χ4n) is 1.70. The maximum Gasteiger partial charge on any atom is 0.124 e. The monoisotopic (exact) mass is 265 g/mol. The minimum Gasteiger partial charge on any atom is -0.312 e. The molecule has 0 bridgehead atoms. The molecule has 1 aromatic heterocycles. The van der Waals surface area contributed by atoms with Crippen molar-refractivity contribution in [2.45, 2.75) is 10.9 Å². The number of nitrogens with one attached hydrogen (secondary N) is 1. The van der Waals surface area contributed by atoms with Crippen LogP contribution in [0.3, 0.4) is 0 Å². The van der Waals surface area contributed by atoms with Crippen LogP contribution in [-0.2, 0) is 7.05 Å². The van der Waals surface area contributed by atoms with E-state index in [4.69, 9.17) is 0 Å². The number of aromatic nitrogens is 2. The van der Waals surface area contributed by atoms with Crippen LogP contribution in [-0.4, -0.2) is 22.6 Å². The topological polar surface area (TPSA) is 29.9 Å². The zero-order valence-corrected chi connectivity index (χ0v) is 11.2. The van der Waals surface area contributed by atoms with E-state index in [1.165, 1.54) is 6.07 Å². The first-order valence-electron chi connectivity index (χ1n) is 5.73. The van der Waals surface area contributed by atoms with Gasteiger partial charge in [-0.1, -0.05) is 6.07 Å². The number of halogens is 1. The lowest BCUT2D eigenvalue weighted by atomic mass is 10.2. The molecular formula is C13H16FN3S. The smallest absolute Gasteiger partial charge is 0.124 e. The van der Waals surface area contributed by atoms with E-state index in [1.54, 1.807) is 28.6 Å². The third-order valence-corrected chi connectivity index (χ3v) is 3.78. The van der Waals surface area contributed by atoms with Gasteiger partial charge < -0.3 is 5.32 Å². The number of benzene rings is 1. The average molecular weight is 265 g/mol. The molecule has 2 rings (SSSR count). The molecule has 1 N–H and O–H groups in total. The largest absolute Gasteiger partial charge is 0.312 e. The van der Waals surface area contributed by atoms with E-state index >= 15 is 0 Å². The van der Waals surface area contributed by atoms with E-state index < -0.39 is 0 Å². The van der Waals surface area contributed by atoms with Gasteiger partial charge in [-0.05, 0) is 25.2 Å². The standard InChI is InChI=1S/C13H16FN3S/c1-15-13(10-7-16-17(2)8-10)9-18-12-5-3-4-11(14)6-12/h3-8,13,15H,9H2,1-2H3. The molecular weight excluding hydrogens is 249 g/mol. The molecule has 5 heteroatoms. The number of hydrogen-bond donors (Lipinski definition) is 1. The number of thioether (sulfide) groups is 1. The Labute approximate surface area is 110 Å². The Bertz CT molecular complexity index is 512. The van der Waals surface area contributed by atoms with Crippen molar-refractivity contribution in [2.24, 2.45) is 7.05 Å². The molecule has 1 atom stereocenters. The molecule has 1 heterocycles. The van der Waals surface area contributed by atoms with Crippen molar-refractivity contribution < 1.29 is 4.39 Å². The summed E-state index contributed by atoms with van der Waals surface area (Å²) in [6.45, 7) is 0. The van der Waals surface area contributed by atoms with Gasteiger partial charge in [0.05, 0.1) is 6.20 Å². The molecule has 0 spiro atoms. The van der Waals surface area contributed by atoms with Crippen LogP contribution in [0, 0.1) is 5.82 Å². The van der Waals surface area contributed by atoms with Crippen molar-refractivity contribution >= 4 is 11.8 Å². The molecule has 1 aromatic carbocycles. The number of aryl methyl sites for hydroxylation is 1. The van der Waals surface area contributed by atoms with Gasteiger partial charge in [0.25, 0.3) is 0 Å². The Morgan fingerprint density at radius 1 is 1.50 bits per heavy atom.